The molecule has 0 saturated carbocycles. The molecule has 0 heterocycles. The van der Waals surface area contributed by atoms with Crippen molar-refractivity contribution in [3.05, 3.63) is 48.0 Å². The largest absolute Gasteiger partial charge is 0.481 e. The highest BCUT2D eigenvalue weighted by atomic mass is 16.5. The number of carbonyl (C=O) groups excluding carboxylic acids is 1. The first-order chi connectivity index (χ1) is 9.61. The van der Waals surface area contributed by atoms with E-state index in [1.165, 1.54) is 6.08 Å². The Morgan fingerprint density at radius 3 is 2.50 bits per heavy atom. The van der Waals surface area contributed by atoms with Gasteiger partial charge in [-0.15, -0.1) is 0 Å². The number of rotatable bonds is 8. The zero-order valence-corrected chi connectivity index (χ0v) is 11.3. The lowest BCUT2D eigenvalue weighted by molar-refractivity contribution is -0.136. The molecule has 0 aliphatic rings. The molecule has 0 aliphatic carbocycles. The number of aliphatic carboxylic acids is 1. The van der Waals surface area contributed by atoms with Gasteiger partial charge in [0.05, 0.1) is 6.42 Å². The van der Waals surface area contributed by atoms with Crippen LogP contribution in [0.4, 0.5) is 4.79 Å². The fraction of sp³-hybridized carbons (Fsp3) is 0.333. The van der Waals surface area contributed by atoms with Crippen LogP contribution in [0.25, 0.3) is 0 Å². The fourth-order valence-electron chi connectivity index (χ4n) is 1.67. The third-order valence-electron chi connectivity index (χ3n) is 2.62. The van der Waals surface area contributed by atoms with Gasteiger partial charge in [0.25, 0.3) is 0 Å². The third-order valence-corrected chi connectivity index (χ3v) is 2.62. The molecule has 2 N–H and O–H groups in total. The molecule has 0 spiro atoms. The molecule has 0 fully saturated rings. The third kappa shape index (κ3) is 6.58. The van der Waals surface area contributed by atoms with Crippen molar-refractivity contribution in [2.24, 2.45) is 0 Å². The van der Waals surface area contributed by atoms with E-state index in [9.17, 15) is 9.59 Å². The molecule has 1 amide bonds. The Hall–Kier alpha value is -2.30. The van der Waals surface area contributed by atoms with Crippen LogP contribution in [0.2, 0.25) is 0 Å². The quantitative estimate of drug-likeness (QED) is 0.564. The maximum atomic E-state index is 11.1. The summed E-state index contributed by atoms with van der Waals surface area (Å²) < 4.78 is 4.77. The van der Waals surface area contributed by atoms with Gasteiger partial charge >= 0.3 is 12.1 Å². The lowest BCUT2D eigenvalue weighted by atomic mass is 10.1. The topological polar surface area (TPSA) is 75.6 Å². The first-order valence-corrected chi connectivity index (χ1v) is 6.43. The van der Waals surface area contributed by atoms with Crippen molar-refractivity contribution in [1.82, 2.24) is 5.32 Å². The predicted molar refractivity (Wildman–Crippen MR) is 75.7 cm³/mol. The van der Waals surface area contributed by atoms with Gasteiger partial charge in [0, 0.05) is 6.54 Å². The van der Waals surface area contributed by atoms with Crippen molar-refractivity contribution in [3.8, 4) is 0 Å². The Morgan fingerprint density at radius 1 is 1.25 bits per heavy atom. The van der Waals surface area contributed by atoms with Gasteiger partial charge < -0.3 is 15.2 Å². The molecule has 0 radical (unpaired) electrons. The van der Waals surface area contributed by atoms with Crippen LogP contribution < -0.4 is 5.32 Å². The van der Waals surface area contributed by atoms with E-state index in [0.29, 0.717) is 6.54 Å². The highest BCUT2D eigenvalue weighted by Gasteiger charge is 2.01. The Morgan fingerprint density at radius 2 is 1.90 bits per heavy atom. The minimum Gasteiger partial charge on any atom is -0.481 e. The van der Waals surface area contributed by atoms with E-state index >= 15 is 0 Å². The minimum atomic E-state index is -0.833. The summed E-state index contributed by atoms with van der Waals surface area (Å²) >= 11 is 0. The van der Waals surface area contributed by atoms with Crippen LogP contribution in [0.3, 0.4) is 0 Å². The molecule has 0 aromatic heterocycles. The van der Waals surface area contributed by atoms with E-state index < -0.39 is 12.1 Å². The monoisotopic (exact) mass is 277 g/mol. The van der Waals surface area contributed by atoms with Gasteiger partial charge in [-0.2, -0.15) is 0 Å². The summed E-state index contributed by atoms with van der Waals surface area (Å²) in [5.74, 6) is -0.833. The van der Waals surface area contributed by atoms with E-state index in [0.717, 1.165) is 24.0 Å². The Kier molecular flexibility index (Phi) is 6.89. The van der Waals surface area contributed by atoms with Gasteiger partial charge in [0.1, 0.15) is 6.61 Å². The van der Waals surface area contributed by atoms with Gasteiger partial charge in [-0.3, -0.25) is 4.79 Å². The summed E-state index contributed by atoms with van der Waals surface area (Å²) in [6, 6.07) is 7.45. The van der Waals surface area contributed by atoms with Crippen LogP contribution in [0.1, 0.15) is 17.5 Å². The van der Waals surface area contributed by atoms with Crippen LogP contribution >= 0.6 is 0 Å². The van der Waals surface area contributed by atoms with Crippen LogP contribution in [-0.2, 0) is 22.4 Å². The first kappa shape index (κ1) is 15.8. The highest BCUT2D eigenvalue weighted by Crippen LogP contribution is 2.07. The van der Waals surface area contributed by atoms with E-state index in [1.807, 2.05) is 24.3 Å². The van der Waals surface area contributed by atoms with E-state index in [-0.39, 0.29) is 13.0 Å². The fourth-order valence-corrected chi connectivity index (χ4v) is 1.67. The van der Waals surface area contributed by atoms with Crippen molar-refractivity contribution in [2.45, 2.75) is 19.3 Å². The molecule has 0 atom stereocenters. The molecule has 1 rings (SSSR count). The molecular weight excluding hydrogens is 258 g/mol. The van der Waals surface area contributed by atoms with Crippen molar-refractivity contribution < 1.29 is 19.4 Å². The van der Waals surface area contributed by atoms with Gasteiger partial charge in [-0.25, -0.2) is 4.79 Å². The lowest BCUT2D eigenvalue weighted by Gasteiger charge is -2.06. The van der Waals surface area contributed by atoms with Gasteiger partial charge in [0.15, 0.2) is 0 Å². The molecule has 5 heteroatoms. The normalized spacial score (nSPS) is 9.80. The Bertz CT molecular complexity index is 453. The summed E-state index contributed by atoms with van der Waals surface area (Å²) in [4.78, 5) is 21.7. The van der Waals surface area contributed by atoms with Crippen molar-refractivity contribution in [2.75, 3.05) is 13.2 Å². The average molecular weight is 277 g/mol. The standard InChI is InChI=1S/C15H19NO4/c1-2-10-20-15(19)16-9-3-4-12-5-7-13(8-6-12)11-14(17)18/h2,5-8H,1,3-4,9-11H2,(H,16,19)(H,17,18). The number of hydrogen-bond donors (Lipinski definition) is 2. The first-order valence-electron chi connectivity index (χ1n) is 6.43. The minimum absolute atomic E-state index is 0.0387. The lowest BCUT2D eigenvalue weighted by Crippen LogP contribution is -2.25. The second-order valence-corrected chi connectivity index (χ2v) is 4.30. The number of carboxylic acid groups (broad SMARTS) is 1. The molecule has 108 valence electrons. The number of hydrogen-bond acceptors (Lipinski definition) is 3. The van der Waals surface area contributed by atoms with Crippen molar-refractivity contribution in [3.63, 3.8) is 0 Å². The number of alkyl carbamates (subject to hydrolysis) is 1. The maximum Gasteiger partial charge on any atom is 0.407 e. The van der Waals surface area contributed by atoms with E-state index in [2.05, 4.69) is 11.9 Å². The van der Waals surface area contributed by atoms with Crippen molar-refractivity contribution in [1.29, 1.82) is 0 Å². The van der Waals surface area contributed by atoms with E-state index in [4.69, 9.17) is 9.84 Å². The van der Waals surface area contributed by atoms with Crippen LogP contribution in [-0.4, -0.2) is 30.3 Å². The van der Waals surface area contributed by atoms with Gasteiger partial charge in [0.2, 0.25) is 0 Å². The summed E-state index contributed by atoms with van der Waals surface area (Å²) in [6.45, 7) is 4.19. The zero-order valence-electron chi connectivity index (χ0n) is 11.3. The summed E-state index contributed by atoms with van der Waals surface area (Å²) in [7, 11) is 0. The maximum absolute atomic E-state index is 11.1. The number of ether oxygens (including phenoxy) is 1. The molecular formula is C15H19NO4. The number of nitrogens with one attached hydrogen (secondary N) is 1. The molecule has 0 unspecified atom stereocenters. The second-order valence-electron chi connectivity index (χ2n) is 4.30. The molecule has 0 bridgehead atoms. The summed E-state index contributed by atoms with van der Waals surface area (Å²) in [5.41, 5.74) is 1.90. The molecule has 1 aromatic rings. The number of carboxylic acids is 1. The molecule has 5 nitrogen and oxygen atoms in total. The average Bonchev–Trinajstić information content (AvgIpc) is 2.42. The Labute approximate surface area is 118 Å². The van der Waals surface area contributed by atoms with E-state index in [1.54, 1.807) is 0 Å². The second kappa shape index (κ2) is 8.74. The van der Waals surface area contributed by atoms with Crippen molar-refractivity contribution >= 4 is 12.1 Å². The predicted octanol–water partition coefficient (Wildman–Crippen LogP) is 2.16. The molecule has 20 heavy (non-hydrogen) atoms. The molecule has 0 saturated heterocycles. The van der Waals surface area contributed by atoms with Crippen LogP contribution in [0.15, 0.2) is 36.9 Å². The number of benzene rings is 1. The highest BCUT2D eigenvalue weighted by molar-refractivity contribution is 5.70. The molecule has 0 aliphatic heterocycles. The van der Waals surface area contributed by atoms with Gasteiger partial charge in [-0.05, 0) is 24.0 Å². The van der Waals surface area contributed by atoms with Crippen LogP contribution in [0.5, 0.6) is 0 Å². The smallest absolute Gasteiger partial charge is 0.407 e. The van der Waals surface area contributed by atoms with Gasteiger partial charge in [-0.1, -0.05) is 36.9 Å². The zero-order chi connectivity index (χ0) is 14.8. The molecule has 1 aromatic carbocycles. The number of carbonyl (C=O) groups is 2. The van der Waals surface area contributed by atoms with Crippen LogP contribution in [0, 0.1) is 0 Å². The Balaban J connectivity index is 2.23. The number of amides is 1. The summed E-state index contributed by atoms with van der Waals surface area (Å²) in [5, 5.41) is 11.3. The summed E-state index contributed by atoms with van der Waals surface area (Å²) in [6.07, 6.45) is 2.72. The SMILES string of the molecule is C=CCOC(=O)NCCCc1ccc(CC(=O)O)cc1. The number of aryl methyl sites for hydroxylation is 1.